The SMILES string of the molecule is Cc1cn([C@H]2C[C@H](O)[C@@H](COP(=O)([O-])OP(=O)(O)OP(=O)([O-])[O-])O2)c(=O)nc1[O-].[Na+].[Na+].[Na+].[Na+]. The van der Waals surface area contributed by atoms with Crippen molar-refractivity contribution in [1.82, 2.24) is 9.55 Å². The average Bonchev–Trinajstić information content (AvgIpc) is 2.86. The van der Waals surface area contributed by atoms with E-state index in [1.165, 1.54) is 6.92 Å². The zero-order valence-electron chi connectivity index (χ0n) is 18.3. The van der Waals surface area contributed by atoms with Gasteiger partial charge in [-0.1, -0.05) is 0 Å². The average molecular weight is 570 g/mol. The maximum absolute atomic E-state index is 11.8. The molecule has 0 amide bonds. The van der Waals surface area contributed by atoms with Gasteiger partial charge in [0, 0.05) is 12.6 Å². The Morgan fingerprint density at radius 2 is 1.73 bits per heavy atom. The van der Waals surface area contributed by atoms with Crippen molar-refractivity contribution in [3.63, 3.8) is 0 Å². The normalized spacial score (nSPS) is 23.5. The van der Waals surface area contributed by atoms with Crippen LogP contribution in [0.2, 0.25) is 0 Å². The molecular weight excluding hydrogens is 557 g/mol. The minimum atomic E-state index is -6.06. The molecule has 23 heteroatoms. The summed E-state index contributed by atoms with van der Waals surface area (Å²) < 4.78 is 50.0. The minimum Gasteiger partial charge on any atom is -0.858 e. The van der Waals surface area contributed by atoms with E-state index in [9.17, 15) is 43.4 Å². The van der Waals surface area contributed by atoms with Gasteiger partial charge < -0.3 is 43.6 Å². The number of nitrogens with zero attached hydrogens (tertiary/aromatic N) is 2. The second-order valence-electron chi connectivity index (χ2n) is 5.67. The summed E-state index contributed by atoms with van der Waals surface area (Å²) in [7, 11) is -17.6. The van der Waals surface area contributed by atoms with Crippen LogP contribution in [0.1, 0.15) is 18.2 Å². The summed E-state index contributed by atoms with van der Waals surface area (Å²) in [5.74, 6) is -0.759. The summed E-state index contributed by atoms with van der Waals surface area (Å²) in [6, 6.07) is 0. The van der Waals surface area contributed by atoms with E-state index in [0.717, 1.165) is 10.8 Å². The van der Waals surface area contributed by atoms with E-state index in [-0.39, 0.29) is 130 Å². The van der Waals surface area contributed by atoms with Gasteiger partial charge in [-0.05, 0) is 18.4 Å². The first-order valence-electron chi connectivity index (χ1n) is 7.42. The molecule has 1 fully saturated rings. The second kappa shape index (κ2) is 16.2. The van der Waals surface area contributed by atoms with Gasteiger partial charge in [0.15, 0.2) is 0 Å². The first-order valence-corrected chi connectivity index (χ1v) is 11.8. The topological polar surface area (TPSA) is 256 Å². The van der Waals surface area contributed by atoms with E-state index in [1.807, 2.05) is 0 Å². The molecule has 5 atom stereocenters. The van der Waals surface area contributed by atoms with Crippen molar-refractivity contribution in [2.45, 2.75) is 31.8 Å². The van der Waals surface area contributed by atoms with Crippen LogP contribution in [0.25, 0.3) is 0 Å². The number of phosphoric ester groups is 1. The molecular formula is C10H13N2Na4O14P3. The molecule has 2 unspecified atom stereocenters. The van der Waals surface area contributed by atoms with E-state index in [2.05, 4.69) is 18.1 Å². The van der Waals surface area contributed by atoms with Crippen LogP contribution in [0.4, 0.5) is 0 Å². The molecule has 2 N–H and O–H groups in total. The van der Waals surface area contributed by atoms with Gasteiger partial charge in [-0.3, -0.25) is 13.4 Å². The second-order valence-corrected chi connectivity index (χ2v) is 9.96. The number of phosphoric acid groups is 3. The van der Waals surface area contributed by atoms with Gasteiger partial charge in [0.05, 0.1) is 20.5 Å². The summed E-state index contributed by atoms with van der Waals surface area (Å²) in [5, 5.41) is 21.3. The van der Waals surface area contributed by atoms with Gasteiger partial charge in [-0.25, -0.2) is 18.7 Å². The van der Waals surface area contributed by atoms with Gasteiger partial charge >= 0.3 is 132 Å². The Kier molecular flexibility index (Phi) is 19.9. The van der Waals surface area contributed by atoms with Gasteiger partial charge in [-0.2, -0.15) is 0 Å². The molecule has 0 radical (unpaired) electrons. The summed E-state index contributed by atoms with van der Waals surface area (Å²) in [4.78, 5) is 56.0. The number of rotatable bonds is 8. The number of aliphatic hydroxyl groups is 1. The monoisotopic (exact) mass is 570 g/mol. The largest absolute Gasteiger partial charge is 1.00 e. The molecule has 166 valence electrons. The molecule has 0 spiro atoms. The van der Waals surface area contributed by atoms with E-state index >= 15 is 0 Å². The molecule has 1 aliphatic heterocycles. The molecule has 1 aromatic rings. The number of hydrogen-bond donors (Lipinski definition) is 2. The smallest absolute Gasteiger partial charge is 0.858 e. The predicted octanol–water partition coefficient (Wildman–Crippen LogP) is -15.3. The summed E-state index contributed by atoms with van der Waals surface area (Å²) in [6.45, 7) is 0.395. The van der Waals surface area contributed by atoms with Crippen LogP contribution >= 0.6 is 23.5 Å². The fourth-order valence-corrected chi connectivity index (χ4v) is 5.18. The van der Waals surface area contributed by atoms with Gasteiger partial charge in [0.2, 0.25) is 0 Å². The number of aromatic nitrogens is 2. The van der Waals surface area contributed by atoms with Crippen molar-refractivity contribution in [1.29, 1.82) is 0 Å². The van der Waals surface area contributed by atoms with Gasteiger partial charge in [0.25, 0.3) is 7.82 Å². The van der Waals surface area contributed by atoms with Crippen LogP contribution in [-0.2, 0) is 31.6 Å². The van der Waals surface area contributed by atoms with Gasteiger partial charge in [0.1, 0.15) is 12.3 Å². The molecule has 1 saturated heterocycles. The fraction of sp³-hybridized carbons (Fsp3) is 0.600. The van der Waals surface area contributed by atoms with E-state index in [0.29, 0.717) is 0 Å². The van der Waals surface area contributed by atoms with E-state index in [1.54, 1.807) is 0 Å². The minimum absolute atomic E-state index is 0. The first-order chi connectivity index (χ1) is 13.1. The molecule has 2 rings (SSSR count). The third-order valence-electron chi connectivity index (χ3n) is 3.41. The van der Waals surface area contributed by atoms with Crippen molar-refractivity contribution < 1.29 is 180 Å². The summed E-state index contributed by atoms with van der Waals surface area (Å²) >= 11 is 0. The van der Waals surface area contributed by atoms with Crippen molar-refractivity contribution in [2.24, 2.45) is 0 Å². The van der Waals surface area contributed by atoms with E-state index in [4.69, 9.17) is 9.63 Å². The number of ether oxygens (including phenoxy) is 1. The molecule has 0 aliphatic carbocycles. The molecule has 1 aliphatic rings. The van der Waals surface area contributed by atoms with Crippen LogP contribution in [0.15, 0.2) is 11.0 Å². The first kappa shape index (κ1) is 40.5. The Balaban J connectivity index is -0.00000225. The number of hydrogen-bond acceptors (Lipinski definition) is 14. The van der Waals surface area contributed by atoms with Crippen molar-refractivity contribution in [3.05, 3.63) is 22.2 Å². The molecule has 0 saturated carbocycles. The zero-order valence-corrected chi connectivity index (χ0v) is 28.9. The molecule has 0 bridgehead atoms. The molecule has 33 heavy (non-hydrogen) atoms. The van der Waals surface area contributed by atoms with Crippen molar-refractivity contribution in [2.75, 3.05) is 6.61 Å². The quantitative estimate of drug-likeness (QED) is 0.217. The fourth-order valence-electron chi connectivity index (χ4n) is 2.25. The maximum Gasteiger partial charge on any atom is 1.00 e. The Labute approximate surface area is 275 Å². The maximum atomic E-state index is 11.8. The van der Waals surface area contributed by atoms with Crippen LogP contribution in [0.5, 0.6) is 5.88 Å². The van der Waals surface area contributed by atoms with E-state index < -0.39 is 60.1 Å². The molecule has 2 heterocycles. The van der Waals surface area contributed by atoms with Crippen LogP contribution in [0, 0.1) is 6.92 Å². The number of aryl methyl sites for hydroxylation is 1. The summed E-state index contributed by atoms with van der Waals surface area (Å²) in [5.41, 5.74) is -0.872. The third kappa shape index (κ3) is 13.6. The standard InChI is InChI=1S/C10H17N2O14P3.4Na/c1-5-3-12(10(15)11-9(5)14)8-2-6(13)7(24-8)4-23-28(19,20)26-29(21,22)25-27(16,17)18;;;;/h3,6-8,13H,2,4H2,1H3,(H,19,20)(H,21,22)(H,11,14,15)(H2,16,17,18);;;;/q;4*+1/p-4/t6-,7+,8+;;;;/m0..../s1. The Morgan fingerprint density at radius 1 is 1.18 bits per heavy atom. The third-order valence-corrected chi connectivity index (χ3v) is 7.12. The summed E-state index contributed by atoms with van der Waals surface area (Å²) in [6.07, 6.45) is -2.99. The van der Waals surface area contributed by atoms with Gasteiger partial charge in [-0.15, -0.1) is 0 Å². The van der Waals surface area contributed by atoms with Crippen LogP contribution < -0.4 is 144 Å². The van der Waals surface area contributed by atoms with Crippen molar-refractivity contribution in [3.8, 4) is 5.88 Å². The molecule has 1 aromatic heterocycles. The number of aliphatic hydroxyl groups excluding tert-OH is 1. The Hall–Kier alpha value is 3.01. The predicted molar refractivity (Wildman–Crippen MR) is 80.4 cm³/mol. The molecule has 16 nitrogen and oxygen atoms in total. The van der Waals surface area contributed by atoms with Crippen molar-refractivity contribution >= 4 is 23.5 Å². The molecule has 0 aromatic carbocycles. The van der Waals surface area contributed by atoms with Crippen LogP contribution in [-0.4, -0.2) is 38.4 Å². The Morgan fingerprint density at radius 3 is 2.24 bits per heavy atom. The van der Waals surface area contributed by atoms with Crippen LogP contribution in [0.3, 0.4) is 0 Å². The Bertz CT molecular complexity index is 975. The zero-order chi connectivity index (χ0) is 22.2.